The largest absolute Gasteiger partial charge is 0.486 e. The molecule has 1 aliphatic heterocycles. The Morgan fingerprint density at radius 2 is 2.09 bits per heavy atom. The molecule has 2 N–H and O–H groups in total. The second-order valence-electron chi connectivity index (χ2n) is 7.94. The van der Waals surface area contributed by atoms with E-state index in [9.17, 15) is 5.26 Å². The second kappa shape index (κ2) is 10.2. The van der Waals surface area contributed by atoms with Crippen LogP contribution in [-0.4, -0.2) is 41.6 Å². The van der Waals surface area contributed by atoms with Crippen molar-refractivity contribution in [3.8, 4) is 23.2 Å². The predicted octanol–water partition coefficient (Wildman–Crippen LogP) is 5.25. The number of thiophene rings is 1. The van der Waals surface area contributed by atoms with Crippen LogP contribution in [0.25, 0.3) is 11.4 Å². The molecule has 0 fully saturated rings. The SMILES string of the molecule is CC.CCc1sc(N)c(C#N)c1C1CCCc2c(-c3nc(SC)nc4c3OCCN4C)noc21. The van der Waals surface area contributed by atoms with E-state index in [0.717, 1.165) is 59.8 Å². The van der Waals surface area contributed by atoms with Crippen LogP contribution in [0.15, 0.2) is 9.68 Å². The molecule has 10 heteroatoms. The number of aromatic nitrogens is 3. The third kappa shape index (κ3) is 4.01. The fourth-order valence-electron chi connectivity index (χ4n) is 4.62. The van der Waals surface area contributed by atoms with Crippen LogP contribution >= 0.6 is 23.1 Å². The molecule has 0 radical (unpaired) electrons. The van der Waals surface area contributed by atoms with Crippen molar-refractivity contribution in [1.82, 2.24) is 15.1 Å². The minimum atomic E-state index is -0.0283. The van der Waals surface area contributed by atoms with Crippen molar-refractivity contribution in [3.63, 3.8) is 0 Å². The van der Waals surface area contributed by atoms with Crippen LogP contribution < -0.4 is 15.4 Å². The molecule has 1 atom stereocenters. The molecule has 0 bridgehead atoms. The van der Waals surface area contributed by atoms with Crippen molar-refractivity contribution in [1.29, 1.82) is 5.26 Å². The van der Waals surface area contributed by atoms with Crippen LogP contribution in [0.4, 0.5) is 10.8 Å². The van der Waals surface area contributed by atoms with Crippen molar-refractivity contribution in [2.75, 3.05) is 37.1 Å². The number of nitrogens with two attached hydrogens (primary N) is 1. The number of ether oxygens (including phenoxy) is 1. The quantitative estimate of drug-likeness (QED) is 0.380. The zero-order chi connectivity index (χ0) is 24.4. The van der Waals surface area contributed by atoms with Gasteiger partial charge in [-0.1, -0.05) is 37.7 Å². The van der Waals surface area contributed by atoms with Crippen LogP contribution in [0.3, 0.4) is 0 Å². The summed E-state index contributed by atoms with van der Waals surface area (Å²) in [4.78, 5) is 12.6. The van der Waals surface area contributed by atoms with Crippen molar-refractivity contribution in [3.05, 3.63) is 27.3 Å². The molecule has 0 spiro atoms. The Hall–Kier alpha value is -2.77. The van der Waals surface area contributed by atoms with E-state index < -0.39 is 0 Å². The van der Waals surface area contributed by atoms with Crippen molar-refractivity contribution in [2.45, 2.75) is 57.5 Å². The maximum absolute atomic E-state index is 9.77. The third-order valence-electron chi connectivity index (χ3n) is 6.15. The molecule has 5 rings (SSSR count). The standard InChI is InChI=1S/C22H24N6O2S2.C2H6/c1-4-14-15(13(10-23)20(24)32-14)11-6-5-7-12-16(27-30-18(11)12)17-19-21(26-22(25-17)31-3)28(2)8-9-29-19;1-2/h11H,4-9,24H2,1-3H3;1-2H3. The van der Waals surface area contributed by atoms with Gasteiger partial charge in [0.05, 0.1) is 12.1 Å². The first kappa shape index (κ1) is 24.4. The first-order valence-electron chi connectivity index (χ1n) is 11.7. The van der Waals surface area contributed by atoms with Gasteiger partial charge in [0.1, 0.15) is 34.8 Å². The van der Waals surface area contributed by atoms with Gasteiger partial charge in [0.2, 0.25) is 0 Å². The van der Waals surface area contributed by atoms with Gasteiger partial charge in [-0.15, -0.1) is 11.3 Å². The Balaban J connectivity index is 0.00000133. The predicted molar refractivity (Wildman–Crippen MR) is 137 cm³/mol. The number of likely N-dealkylation sites (N-methyl/N-ethyl adjacent to an activating group) is 1. The zero-order valence-electron chi connectivity index (χ0n) is 20.3. The van der Waals surface area contributed by atoms with Gasteiger partial charge in [-0.2, -0.15) is 5.26 Å². The lowest BCUT2D eigenvalue weighted by atomic mass is 9.81. The van der Waals surface area contributed by atoms with Crippen LogP contribution in [0, 0.1) is 11.3 Å². The summed E-state index contributed by atoms with van der Waals surface area (Å²) in [6.07, 6.45) is 5.50. The average Bonchev–Trinajstić information content (AvgIpc) is 3.45. The van der Waals surface area contributed by atoms with Crippen LogP contribution in [0.1, 0.15) is 66.9 Å². The normalized spacial score (nSPS) is 16.6. The lowest BCUT2D eigenvalue weighted by Crippen LogP contribution is -2.30. The van der Waals surface area contributed by atoms with Gasteiger partial charge in [-0.25, -0.2) is 9.97 Å². The Labute approximate surface area is 208 Å². The summed E-state index contributed by atoms with van der Waals surface area (Å²) in [6, 6.07) is 2.32. The van der Waals surface area contributed by atoms with E-state index >= 15 is 0 Å². The molecule has 180 valence electrons. The van der Waals surface area contributed by atoms with E-state index in [1.54, 1.807) is 0 Å². The third-order valence-corrected chi connectivity index (χ3v) is 7.88. The number of rotatable bonds is 4. The minimum absolute atomic E-state index is 0.0283. The molecule has 0 amide bonds. The molecule has 0 aromatic carbocycles. The summed E-state index contributed by atoms with van der Waals surface area (Å²) in [5.41, 5.74) is 10.2. The smallest absolute Gasteiger partial charge is 0.190 e. The highest BCUT2D eigenvalue weighted by atomic mass is 32.2. The van der Waals surface area contributed by atoms with Gasteiger partial charge in [-0.05, 0) is 37.5 Å². The Morgan fingerprint density at radius 1 is 1.29 bits per heavy atom. The molecule has 1 aliphatic carbocycles. The van der Waals surface area contributed by atoms with Gasteiger partial charge >= 0.3 is 0 Å². The first-order valence-corrected chi connectivity index (χ1v) is 13.7. The Bertz CT molecular complexity index is 1230. The molecular formula is C24H30N6O2S2. The van der Waals surface area contributed by atoms with Gasteiger partial charge in [-0.3, -0.25) is 0 Å². The molecule has 4 heterocycles. The van der Waals surface area contributed by atoms with Gasteiger partial charge in [0.15, 0.2) is 16.7 Å². The van der Waals surface area contributed by atoms with E-state index in [1.165, 1.54) is 23.1 Å². The molecule has 3 aromatic heterocycles. The molecular weight excluding hydrogens is 468 g/mol. The zero-order valence-corrected chi connectivity index (χ0v) is 21.9. The fourth-order valence-corrected chi connectivity index (χ4v) is 6.00. The van der Waals surface area contributed by atoms with Crippen molar-refractivity contribution in [2.24, 2.45) is 0 Å². The Kier molecular flexibility index (Phi) is 7.33. The number of hydrogen-bond acceptors (Lipinski definition) is 10. The highest BCUT2D eigenvalue weighted by molar-refractivity contribution is 7.98. The summed E-state index contributed by atoms with van der Waals surface area (Å²) < 4.78 is 12.0. The molecule has 0 saturated heterocycles. The summed E-state index contributed by atoms with van der Waals surface area (Å²) in [5.74, 6) is 2.22. The van der Waals surface area contributed by atoms with Gasteiger partial charge in [0.25, 0.3) is 0 Å². The average molecular weight is 499 g/mol. The van der Waals surface area contributed by atoms with Crippen molar-refractivity contribution >= 4 is 33.9 Å². The lowest BCUT2D eigenvalue weighted by Gasteiger charge is -2.28. The Morgan fingerprint density at radius 3 is 2.79 bits per heavy atom. The number of hydrogen-bond donors (Lipinski definition) is 1. The fraction of sp³-hybridized carbons (Fsp3) is 0.500. The number of fused-ring (bicyclic) bond motifs is 2. The number of nitriles is 1. The molecule has 3 aromatic rings. The summed E-state index contributed by atoms with van der Waals surface area (Å²) in [5, 5.41) is 15.5. The maximum atomic E-state index is 9.77. The number of anilines is 2. The highest BCUT2D eigenvalue weighted by Crippen LogP contribution is 2.48. The number of thioether (sulfide) groups is 1. The molecule has 0 saturated carbocycles. The number of aryl methyl sites for hydroxylation is 1. The van der Waals surface area contributed by atoms with Crippen LogP contribution in [0.2, 0.25) is 0 Å². The summed E-state index contributed by atoms with van der Waals surface area (Å²) in [6.45, 7) is 7.43. The summed E-state index contributed by atoms with van der Waals surface area (Å²) in [7, 11) is 2.01. The lowest BCUT2D eigenvalue weighted by molar-refractivity contribution is 0.307. The minimum Gasteiger partial charge on any atom is -0.486 e. The molecule has 34 heavy (non-hydrogen) atoms. The second-order valence-corrected chi connectivity index (χ2v) is 9.85. The monoisotopic (exact) mass is 498 g/mol. The van der Waals surface area contributed by atoms with E-state index in [2.05, 4.69) is 28.0 Å². The van der Waals surface area contributed by atoms with E-state index in [4.69, 9.17) is 20.0 Å². The van der Waals surface area contributed by atoms with Crippen molar-refractivity contribution < 1.29 is 9.26 Å². The van der Waals surface area contributed by atoms with E-state index in [0.29, 0.717) is 39.5 Å². The first-order chi connectivity index (χ1) is 16.6. The molecule has 1 unspecified atom stereocenters. The van der Waals surface area contributed by atoms with E-state index in [-0.39, 0.29) is 5.92 Å². The molecule has 2 aliphatic rings. The van der Waals surface area contributed by atoms with E-state index in [1.807, 2.05) is 27.2 Å². The van der Waals surface area contributed by atoms with Gasteiger partial charge < -0.3 is 19.9 Å². The number of nitrogen functional groups attached to an aromatic ring is 1. The molecule has 8 nitrogen and oxygen atoms in total. The topological polar surface area (TPSA) is 114 Å². The number of nitrogens with zero attached hydrogens (tertiary/aromatic N) is 5. The van der Waals surface area contributed by atoms with Crippen LogP contribution in [-0.2, 0) is 12.8 Å². The van der Waals surface area contributed by atoms with Gasteiger partial charge in [0, 0.05) is 23.4 Å². The summed E-state index contributed by atoms with van der Waals surface area (Å²) >= 11 is 3.00. The van der Waals surface area contributed by atoms with Crippen LogP contribution in [0.5, 0.6) is 5.75 Å². The maximum Gasteiger partial charge on any atom is 0.190 e. The highest BCUT2D eigenvalue weighted by Gasteiger charge is 2.36.